The minimum absolute atomic E-state index is 0.0192. The Morgan fingerprint density at radius 3 is 2.61 bits per heavy atom. The lowest BCUT2D eigenvalue weighted by atomic mass is 10.0. The summed E-state index contributed by atoms with van der Waals surface area (Å²) in [5.74, 6) is 0.468. The van der Waals surface area contributed by atoms with Crippen molar-refractivity contribution in [2.24, 2.45) is 0 Å². The topological polar surface area (TPSA) is 34.9 Å². The van der Waals surface area contributed by atoms with Crippen LogP contribution < -0.4 is 5.56 Å². The van der Waals surface area contributed by atoms with E-state index in [4.69, 9.17) is 4.98 Å². The smallest absolute Gasteiger partial charge is 0.263 e. The Kier molecular flexibility index (Phi) is 3.98. The zero-order valence-electron chi connectivity index (χ0n) is 15.3. The summed E-state index contributed by atoms with van der Waals surface area (Å²) in [4.78, 5) is 20.1. The van der Waals surface area contributed by atoms with Gasteiger partial charge in [-0.15, -0.1) is 11.3 Å². The van der Waals surface area contributed by atoms with E-state index in [2.05, 4.69) is 0 Å². The molecule has 5 rings (SSSR count). The molecule has 5 heteroatoms. The molecule has 1 aliphatic heterocycles. The van der Waals surface area contributed by atoms with Gasteiger partial charge in [0.05, 0.1) is 5.39 Å². The molecule has 0 amide bonds. The molecular weight excluding hydrogens is 371 g/mol. The summed E-state index contributed by atoms with van der Waals surface area (Å²) in [6.45, 7) is 2.66. The molecule has 0 radical (unpaired) electrons. The predicted molar refractivity (Wildman–Crippen MR) is 113 cm³/mol. The summed E-state index contributed by atoms with van der Waals surface area (Å²) in [7, 11) is 0. The number of allylic oxidation sites excluding steroid dienone is 1. The number of thiophene rings is 1. The van der Waals surface area contributed by atoms with Crippen molar-refractivity contribution in [2.75, 3.05) is 0 Å². The third-order valence-electron chi connectivity index (χ3n) is 5.15. The van der Waals surface area contributed by atoms with Gasteiger partial charge in [0, 0.05) is 17.0 Å². The van der Waals surface area contributed by atoms with Crippen LogP contribution in [0.3, 0.4) is 0 Å². The molecule has 0 atom stereocenters. The highest BCUT2D eigenvalue weighted by Crippen LogP contribution is 2.37. The van der Waals surface area contributed by atoms with E-state index in [1.54, 1.807) is 28.0 Å². The molecule has 1 aliphatic rings. The second kappa shape index (κ2) is 6.53. The van der Waals surface area contributed by atoms with E-state index in [1.165, 1.54) is 12.1 Å². The van der Waals surface area contributed by atoms with E-state index in [9.17, 15) is 9.18 Å². The molecule has 28 heavy (non-hydrogen) atoms. The van der Waals surface area contributed by atoms with Crippen molar-refractivity contribution >= 4 is 33.2 Å². The van der Waals surface area contributed by atoms with Gasteiger partial charge in [-0.3, -0.25) is 9.36 Å². The Bertz CT molecular complexity index is 1280. The van der Waals surface area contributed by atoms with Crippen LogP contribution in [0.2, 0.25) is 0 Å². The van der Waals surface area contributed by atoms with Crippen LogP contribution in [0, 0.1) is 12.7 Å². The third-order valence-corrected chi connectivity index (χ3v) is 6.15. The standard InChI is InChI=1S/C23H17FN2OS/c1-14-19(16-5-3-2-4-6-16)20-22(28-14)25-21-17(11-12-26(21)23(20)27)13-15-7-9-18(24)10-8-15/h2-10,13H,11-12H2,1H3/b17-13+. The number of hydrogen-bond donors (Lipinski definition) is 0. The normalized spacial score (nSPS) is 14.7. The molecule has 138 valence electrons. The predicted octanol–water partition coefficient (Wildman–Crippen LogP) is 5.52. The first-order valence-corrected chi connectivity index (χ1v) is 9.99. The third kappa shape index (κ3) is 2.70. The Labute approximate surface area is 165 Å². The van der Waals surface area contributed by atoms with Crippen molar-refractivity contribution in [1.29, 1.82) is 0 Å². The lowest BCUT2D eigenvalue weighted by Gasteiger charge is -2.05. The molecule has 0 fully saturated rings. The van der Waals surface area contributed by atoms with Gasteiger partial charge in [-0.1, -0.05) is 42.5 Å². The quantitative estimate of drug-likeness (QED) is 0.453. The van der Waals surface area contributed by atoms with E-state index in [0.29, 0.717) is 11.9 Å². The van der Waals surface area contributed by atoms with Crippen LogP contribution in [0.15, 0.2) is 59.4 Å². The van der Waals surface area contributed by atoms with E-state index >= 15 is 0 Å². The van der Waals surface area contributed by atoms with Gasteiger partial charge < -0.3 is 0 Å². The van der Waals surface area contributed by atoms with Crippen LogP contribution in [-0.4, -0.2) is 9.55 Å². The van der Waals surface area contributed by atoms with E-state index in [1.807, 2.05) is 43.3 Å². The van der Waals surface area contributed by atoms with Crippen molar-refractivity contribution in [2.45, 2.75) is 19.9 Å². The number of rotatable bonds is 2. The summed E-state index contributed by atoms with van der Waals surface area (Å²) in [6, 6.07) is 16.4. The number of aromatic nitrogens is 2. The maximum atomic E-state index is 13.3. The van der Waals surface area contributed by atoms with Gasteiger partial charge in [0.25, 0.3) is 5.56 Å². The lowest BCUT2D eigenvalue weighted by molar-refractivity contribution is 0.628. The highest BCUT2D eigenvalue weighted by Gasteiger charge is 2.24. The van der Waals surface area contributed by atoms with E-state index < -0.39 is 0 Å². The fraction of sp³-hybridized carbons (Fsp3) is 0.130. The Balaban J connectivity index is 1.70. The van der Waals surface area contributed by atoms with Crippen LogP contribution in [0.4, 0.5) is 4.39 Å². The fourth-order valence-electron chi connectivity index (χ4n) is 3.84. The molecule has 0 bridgehead atoms. The van der Waals surface area contributed by atoms with Crippen molar-refractivity contribution in [3.05, 3.63) is 87.0 Å². The molecule has 4 aromatic rings. The summed E-state index contributed by atoms with van der Waals surface area (Å²) < 4.78 is 14.9. The van der Waals surface area contributed by atoms with Gasteiger partial charge in [-0.25, -0.2) is 9.37 Å². The van der Waals surface area contributed by atoms with Gasteiger partial charge in [0.1, 0.15) is 16.5 Å². The van der Waals surface area contributed by atoms with Crippen molar-refractivity contribution in [3.63, 3.8) is 0 Å². The first kappa shape index (κ1) is 17.1. The summed E-state index contributed by atoms with van der Waals surface area (Å²) in [5.41, 5.74) is 3.98. The van der Waals surface area contributed by atoms with Gasteiger partial charge in [0.15, 0.2) is 0 Å². The van der Waals surface area contributed by atoms with Crippen molar-refractivity contribution in [1.82, 2.24) is 9.55 Å². The van der Waals surface area contributed by atoms with Gasteiger partial charge in [0.2, 0.25) is 0 Å². The Morgan fingerprint density at radius 2 is 1.86 bits per heavy atom. The van der Waals surface area contributed by atoms with Crippen molar-refractivity contribution in [3.8, 4) is 11.1 Å². The average Bonchev–Trinajstić information content (AvgIpc) is 3.25. The van der Waals surface area contributed by atoms with Crippen LogP contribution >= 0.6 is 11.3 Å². The minimum Gasteiger partial charge on any atom is -0.292 e. The van der Waals surface area contributed by atoms with Crippen LogP contribution in [0.1, 0.15) is 22.7 Å². The van der Waals surface area contributed by atoms with Gasteiger partial charge in [-0.2, -0.15) is 0 Å². The first-order valence-electron chi connectivity index (χ1n) is 9.17. The first-order chi connectivity index (χ1) is 13.6. The van der Waals surface area contributed by atoms with E-state index in [-0.39, 0.29) is 11.4 Å². The van der Waals surface area contributed by atoms with Crippen LogP contribution in [0.25, 0.3) is 33.0 Å². The maximum Gasteiger partial charge on any atom is 0.263 e. The number of halogens is 1. The fourth-order valence-corrected chi connectivity index (χ4v) is 4.88. The largest absolute Gasteiger partial charge is 0.292 e. The number of hydrogen-bond acceptors (Lipinski definition) is 3. The van der Waals surface area contributed by atoms with Crippen LogP contribution in [-0.2, 0) is 6.54 Å². The van der Waals surface area contributed by atoms with E-state index in [0.717, 1.165) is 44.2 Å². The maximum absolute atomic E-state index is 13.3. The summed E-state index contributed by atoms with van der Waals surface area (Å²) >= 11 is 1.56. The Morgan fingerprint density at radius 1 is 1.11 bits per heavy atom. The number of aryl methyl sites for hydroxylation is 1. The second-order valence-corrected chi connectivity index (χ2v) is 8.15. The minimum atomic E-state index is -0.257. The lowest BCUT2D eigenvalue weighted by Crippen LogP contribution is -2.20. The molecular formula is C23H17FN2OS. The highest BCUT2D eigenvalue weighted by atomic mass is 32.1. The molecule has 2 aromatic carbocycles. The molecule has 0 spiro atoms. The molecule has 0 aliphatic carbocycles. The molecule has 3 nitrogen and oxygen atoms in total. The molecule has 0 saturated carbocycles. The molecule has 2 aromatic heterocycles. The number of benzene rings is 2. The molecule has 0 saturated heterocycles. The SMILES string of the molecule is Cc1sc2nc3n(c(=O)c2c1-c1ccccc1)CC/C3=C\c1ccc(F)cc1. The monoisotopic (exact) mass is 388 g/mol. The van der Waals surface area contributed by atoms with Crippen molar-refractivity contribution < 1.29 is 4.39 Å². The van der Waals surface area contributed by atoms with Gasteiger partial charge >= 0.3 is 0 Å². The zero-order chi connectivity index (χ0) is 19.3. The summed E-state index contributed by atoms with van der Waals surface area (Å²) in [5, 5.41) is 0.709. The van der Waals surface area contributed by atoms with Gasteiger partial charge in [-0.05, 0) is 48.3 Å². The molecule has 3 heterocycles. The average molecular weight is 388 g/mol. The number of fused-ring (bicyclic) bond motifs is 2. The molecule has 0 unspecified atom stereocenters. The highest BCUT2D eigenvalue weighted by molar-refractivity contribution is 7.19. The Hall–Kier alpha value is -3.05. The zero-order valence-corrected chi connectivity index (χ0v) is 16.1. The number of nitrogens with zero attached hydrogens (tertiary/aromatic N) is 2. The second-order valence-electron chi connectivity index (χ2n) is 6.94. The summed E-state index contributed by atoms with van der Waals surface area (Å²) in [6.07, 6.45) is 2.74. The molecule has 0 N–H and O–H groups in total. The van der Waals surface area contributed by atoms with Crippen LogP contribution in [0.5, 0.6) is 0 Å².